The number of methoxy groups -OCH3 is 1. The highest BCUT2D eigenvalue weighted by atomic mass is 32.2. The highest BCUT2D eigenvalue weighted by Gasteiger charge is 2.38. The molecule has 29 heavy (non-hydrogen) atoms. The van der Waals surface area contributed by atoms with Gasteiger partial charge >= 0.3 is 0 Å². The van der Waals surface area contributed by atoms with Crippen LogP contribution in [0.15, 0.2) is 57.9 Å². The second-order valence-corrected chi connectivity index (χ2v) is 8.42. The van der Waals surface area contributed by atoms with Gasteiger partial charge in [0.25, 0.3) is 5.89 Å². The molecule has 1 aliphatic rings. The molecule has 8 nitrogen and oxygen atoms in total. The van der Waals surface area contributed by atoms with Crippen molar-refractivity contribution in [2.45, 2.75) is 17.6 Å². The number of benzene rings is 2. The van der Waals surface area contributed by atoms with Crippen molar-refractivity contribution in [3.05, 3.63) is 60.2 Å². The van der Waals surface area contributed by atoms with Crippen LogP contribution in [0.2, 0.25) is 0 Å². The molecule has 10 heteroatoms. The molecule has 2 aromatic carbocycles. The highest BCUT2D eigenvalue weighted by molar-refractivity contribution is 7.89. The van der Waals surface area contributed by atoms with E-state index < -0.39 is 15.8 Å². The third kappa shape index (κ3) is 4.14. The Kier molecular flexibility index (Phi) is 5.31. The zero-order valence-electron chi connectivity index (χ0n) is 15.5. The van der Waals surface area contributed by atoms with Crippen molar-refractivity contribution in [3.63, 3.8) is 0 Å². The van der Waals surface area contributed by atoms with Gasteiger partial charge in [0.2, 0.25) is 15.8 Å². The lowest BCUT2D eigenvalue weighted by molar-refractivity contribution is 0.0762. The number of aromatic nitrogens is 2. The van der Waals surface area contributed by atoms with Crippen molar-refractivity contribution in [2.24, 2.45) is 0 Å². The van der Waals surface area contributed by atoms with Crippen LogP contribution in [0.5, 0.6) is 5.75 Å². The lowest BCUT2D eigenvalue weighted by Gasteiger charge is -2.37. The Hall–Kier alpha value is -2.82. The zero-order chi connectivity index (χ0) is 20.4. The number of sulfonamides is 1. The van der Waals surface area contributed by atoms with Crippen LogP contribution < -0.4 is 4.74 Å². The summed E-state index contributed by atoms with van der Waals surface area (Å²) in [6, 6.07) is 11.9. The fourth-order valence-electron chi connectivity index (χ4n) is 2.86. The summed E-state index contributed by atoms with van der Waals surface area (Å²) < 4.78 is 55.1. The molecule has 0 amide bonds. The van der Waals surface area contributed by atoms with Crippen LogP contribution in [0.25, 0.3) is 11.4 Å². The van der Waals surface area contributed by atoms with E-state index in [2.05, 4.69) is 10.1 Å². The van der Waals surface area contributed by atoms with E-state index in [1.165, 1.54) is 16.4 Å². The van der Waals surface area contributed by atoms with E-state index in [1.807, 2.05) is 0 Å². The lowest BCUT2D eigenvalue weighted by Crippen LogP contribution is -2.55. The van der Waals surface area contributed by atoms with Crippen LogP contribution in [0.4, 0.5) is 4.39 Å². The first-order chi connectivity index (χ1) is 14.0. The fourth-order valence-corrected chi connectivity index (χ4v) is 4.36. The number of hydrogen-bond acceptors (Lipinski definition) is 7. The highest BCUT2D eigenvalue weighted by Crippen LogP contribution is 2.26. The maximum atomic E-state index is 13.0. The molecular formula is C19H18FN3O5S. The standard InChI is InChI=1S/C19H18FN3O5S/c1-26-12-18-21-19(22-28-18)13-2-6-15(7-3-13)27-16-10-23(11-16)29(24,25)17-8-4-14(20)5-9-17/h2-9,16H,10-12H2,1H3. The molecule has 0 unspecified atom stereocenters. The first-order valence-electron chi connectivity index (χ1n) is 8.80. The fraction of sp³-hybridized carbons (Fsp3) is 0.263. The third-order valence-electron chi connectivity index (χ3n) is 4.42. The van der Waals surface area contributed by atoms with E-state index in [0.717, 1.165) is 17.7 Å². The predicted octanol–water partition coefficient (Wildman–Crippen LogP) is 2.47. The second kappa shape index (κ2) is 7.90. The van der Waals surface area contributed by atoms with Crippen LogP contribution in [0.3, 0.4) is 0 Å². The average Bonchev–Trinajstić information content (AvgIpc) is 3.14. The minimum atomic E-state index is -3.64. The molecular weight excluding hydrogens is 401 g/mol. The van der Waals surface area contributed by atoms with E-state index >= 15 is 0 Å². The van der Waals surface area contributed by atoms with Crippen molar-refractivity contribution >= 4 is 10.0 Å². The number of halogens is 1. The molecule has 0 spiro atoms. The van der Waals surface area contributed by atoms with Gasteiger partial charge in [0.1, 0.15) is 24.3 Å². The van der Waals surface area contributed by atoms with Gasteiger partial charge in [0.15, 0.2) is 0 Å². The molecule has 2 heterocycles. The molecule has 3 aromatic rings. The first kappa shape index (κ1) is 19.5. The number of rotatable bonds is 7. The van der Waals surface area contributed by atoms with E-state index in [0.29, 0.717) is 17.5 Å². The van der Waals surface area contributed by atoms with Crippen molar-refractivity contribution in [3.8, 4) is 17.1 Å². The van der Waals surface area contributed by atoms with Crippen LogP contribution in [0, 0.1) is 5.82 Å². The van der Waals surface area contributed by atoms with Gasteiger partial charge in [-0.25, -0.2) is 12.8 Å². The predicted molar refractivity (Wildman–Crippen MR) is 100 cm³/mol. The van der Waals surface area contributed by atoms with Crippen LogP contribution in [0.1, 0.15) is 5.89 Å². The van der Waals surface area contributed by atoms with Gasteiger partial charge in [-0.3, -0.25) is 0 Å². The molecule has 0 saturated carbocycles. The molecule has 1 aliphatic heterocycles. The lowest BCUT2D eigenvalue weighted by atomic mass is 10.2. The zero-order valence-corrected chi connectivity index (χ0v) is 16.3. The summed E-state index contributed by atoms with van der Waals surface area (Å²) in [4.78, 5) is 4.28. The summed E-state index contributed by atoms with van der Waals surface area (Å²) >= 11 is 0. The second-order valence-electron chi connectivity index (χ2n) is 6.48. The van der Waals surface area contributed by atoms with Gasteiger partial charge in [0.05, 0.1) is 18.0 Å². The number of ether oxygens (including phenoxy) is 2. The van der Waals surface area contributed by atoms with Gasteiger partial charge in [0, 0.05) is 12.7 Å². The molecule has 0 atom stereocenters. The van der Waals surface area contributed by atoms with Crippen LogP contribution >= 0.6 is 0 Å². The molecule has 1 fully saturated rings. The Morgan fingerprint density at radius 1 is 1.14 bits per heavy atom. The SMILES string of the molecule is COCc1nc(-c2ccc(OC3CN(S(=O)(=O)c4ccc(F)cc4)C3)cc2)no1. The Morgan fingerprint density at radius 2 is 1.83 bits per heavy atom. The van der Waals surface area contributed by atoms with Gasteiger partial charge in [-0.05, 0) is 48.5 Å². The molecule has 0 radical (unpaired) electrons. The van der Waals surface area contributed by atoms with Crippen LogP contribution in [-0.4, -0.2) is 49.2 Å². The van der Waals surface area contributed by atoms with E-state index in [9.17, 15) is 12.8 Å². The molecule has 1 aromatic heterocycles. The number of nitrogens with zero attached hydrogens (tertiary/aromatic N) is 3. The van der Waals surface area contributed by atoms with E-state index in [4.69, 9.17) is 14.0 Å². The van der Waals surface area contributed by atoms with Crippen molar-refractivity contribution in [2.75, 3.05) is 20.2 Å². The van der Waals surface area contributed by atoms with Gasteiger partial charge in [-0.1, -0.05) is 5.16 Å². The van der Waals surface area contributed by atoms with Crippen LogP contribution in [-0.2, 0) is 21.4 Å². The summed E-state index contributed by atoms with van der Waals surface area (Å²) in [5.41, 5.74) is 0.762. The van der Waals surface area contributed by atoms with Crippen molar-refractivity contribution in [1.82, 2.24) is 14.4 Å². The third-order valence-corrected chi connectivity index (χ3v) is 6.26. The Morgan fingerprint density at radius 3 is 2.48 bits per heavy atom. The maximum absolute atomic E-state index is 13.0. The Balaban J connectivity index is 1.34. The topological polar surface area (TPSA) is 94.8 Å². The monoisotopic (exact) mass is 419 g/mol. The summed E-state index contributed by atoms with van der Waals surface area (Å²) in [6.45, 7) is 0.701. The summed E-state index contributed by atoms with van der Waals surface area (Å²) in [5.74, 6) is 0.967. The molecule has 0 aliphatic carbocycles. The quantitative estimate of drug-likeness (QED) is 0.581. The van der Waals surface area contributed by atoms with Gasteiger partial charge in [-0.15, -0.1) is 0 Å². The van der Waals surface area contributed by atoms with Crippen molar-refractivity contribution < 1.29 is 26.8 Å². The molecule has 1 saturated heterocycles. The van der Waals surface area contributed by atoms with Gasteiger partial charge < -0.3 is 14.0 Å². The Labute approximate surface area is 166 Å². The largest absolute Gasteiger partial charge is 0.488 e. The minimum Gasteiger partial charge on any atom is -0.488 e. The van der Waals surface area contributed by atoms with E-state index in [-0.39, 0.29) is 30.7 Å². The average molecular weight is 419 g/mol. The molecule has 4 rings (SSSR count). The summed E-state index contributed by atoms with van der Waals surface area (Å²) in [5, 5.41) is 3.89. The van der Waals surface area contributed by atoms with Gasteiger partial charge in [-0.2, -0.15) is 9.29 Å². The van der Waals surface area contributed by atoms with Crippen molar-refractivity contribution in [1.29, 1.82) is 0 Å². The maximum Gasteiger partial charge on any atom is 0.252 e. The smallest absolute Gasteiger partial charge is 0.252 e. The Bertz CT molecular complexity index is 1080. The van der Waals surface area contributed by atoms with E-state index in [1.54, 1.807) is 31.4 Å². The summed E-state index contributed by atoms with van der Waals surface area (Å²) in [6.07, 6.45) is -0.255. The normalized spacial score (nSPS) is 15.2. The first-order valence-corrected chi connectivity index (χ1v) is 10.2. The number of hydrogen-bond donors (Lipinski definition) is 0. The summed E-state index contributed by atoms with van der Waals surface area (Å²) in [7, 11) is -2.10. The molecule has 152 valence electrons. The molecule has 0 bridgehead atoms. The minimum absolute atomic E-state index is 0.0645. The molecule has 0 N–H and O–H groups in total.